The first kappa shape index (κ1) is 14.0. The average Bonchev–Trinajstić information content (AvgIpc) is 2.26. The average molecular weight is 257 g/mol. The van der Waals surface area contributed by atoms with Crippen LogP contribution < -0.4 is 5.32 Å². The summed E-state index contributed by atoms with van der Waals surface area (Å²) in [5.74, 6) is 0.352. The predicted molar refractivity (Wildman–Crippen MR) is 68.7 cm³/mol. The number of rotatable bonds is 6. The fourth-order valence-electron chi connectivity index (χ4n) is 1.33. The SMILES string of the molecule is CC(C)S(=O)(=O)CCNCc1ccccc1O. The molecule has 0 radical (unpaired) electrons. The van der Waals surface area contributed by atoms with Crippen LogP contribution in [0.3, 0.4) is 0 Å². The smallest absolute Gasteiger partial charge is 0.153 e. The predicted octanol–water partition coefficient (Wildman–Crippen LogP) is 1.30. The van der Waals surface area contributed by atoms with Crippen molar-refractivity contribution in [2.24, 2.45) is 0 Å². The number of para-hydroxylation sites is 1. The Kier molecular flexibility index (Phi) is 4.96. The van der Waals surface area contributed by atoms with Crippen LogP contribution >= 0.6 is 0 Å². The van der Waals surface area contributed by atoms with Crippen molar-refractivity contribution in [1.82, 2.24) is 5.32 Å². The lowest BCUT2D eigenvalue weighted by atomic mass is 10.2. The van der Waals surface area contributed by atoms with Crippen molar-refractivity contribution in [1.29, 1.82) is 0 Å². The van der Waals surface area contributed by atoms with Crippen LogP contribution in [0.25, 0.3) is 0 Å². The molecule has 0 unspecified atom stereocenters. The minimum Gasteiger partial charge on any atom is -0.508 e. The summed E-state index contributed by atoms with van der Waals surface area (Å²) in [7, 11) is -2.99. The molecule has 0 spiro atoms. The van der Waals surface area contributed by atoms with Crippen molar-refractivity contribution in [2.75, 3.05) is 12.3 Å². The third-order valence-corrected chi connectivity index (χ3v) is 4.80. The lowest BCUT2D eigenvalue weighted by Gasteiger charge is -2.09. The van der Waals surface area contributed by atoms with Gasteiger partial charge in [0.05, 0.1) is 11.0 Å². The molecule has 0 aliphatic heterocycles. The van der Waals surface area contributed by atoms with E-state index in [-0.39, 0.29) is 16.8 Å². The molecule has 0 saturated carbocycles. The molecule has 2 N–H and O–H groups in total. The maximum Gasteiger partial charge on any atom is 0.153 e. The molecule has 1 aromatic carbocycles. The Balaban J connectivity index is 2.38. The van der Waals surface area contributed by atoms with Gasteiger partial charge in [-0.3, -0.25) is 0 Å². The van der Waals surface area contributed by atoms with Gasteiger partial charge in [-0.15, -0.1) is 0 Å². The minimum atomic E-state index is -2.99. The Morgan fingerprint density at radius 2 is 1.94 bits per heavy atom. The molecule has 0 heterocycles. The van der Waals surface area contributed by atoms with E-state index < -0.39 is 9.84 Å². The summed E-state index contributed by atoms with van der Waals surface area (Å²) in [5.41, 5.74) is 0.773. The number of phenols is 1. The van der Waals surface area contributed by atoms with Gasteiger partial charge in [-0.1, -0.05) is 18.2 Å². The lowest BCUT2D eigenvalue weighted by molar-refractivity contribution is 0.465. The molecule has 17 heavy (non-hydrogen) atoms. The first-order valence-corrected chi connectivity index (χ1v) is 7.34. The molecule has 0 aliphatic rings. The Labute approximate surface area is 103 Å². The molecule has 1 aromatic rings. The molecule has 0 saturated heterocycles. The van der Waals surface area contributed by atoms with Crippen molar-refractivity contribution >= 4 is 9.84 Å². The fourth-order valence-corrected chi connectivity index (χ4v) is 2.23. The molecule has 0 fully saturated rings. The summed E-state index contributed by atoms with van der Waals surface area (Å²) in [6, 6.07) is 7.00. The van der Waals surface area contributed by atoms with Gasteiger partial charge in [0.15, 0.2) is 9.84 Å². The Morgan fingerprint density at radius 1 is 1.29 bits per heavy atom. The van der Waals surface area contributed by atoms with E-state index in [1.165, 1.54) is 0 Å². The van der Waals surface area contributed by atoms with Gasteiger partial charge >= 0.3 is 0 Å². The first-order chi connectivity index (χ1) is 7.93. The minimum absolute atomic E-state index is 0.123. The second-order valence-electron chi connectivity index (χ2n) is 4.22. The van der Waals surface area contributed by atoms with Crippen molar-refractivity contribution in [2.45, 2.75) is 25.6 Å². The van der Waals surface area contributed by atoms with Gasteiger partial charge in [0.1, 0.15) is 5.75 Å². The van der Waals surface area contributed by atoms with Crippen LogP contribution in [0, 0.1) is 0 Å². The number of hydrogen-bond donors (Lipinski definition) is 2. The van der Waals surface area contributed by atoms with Crippen molar-refractivity contribution in [3.8, 4) is 5.75 Å². The van der Waals surface area contributed by atoms with E-state index in [1.807, 2.05) is 6.07 Å². The monoisotopic (exact) mass is 257 g/mol. The van der Waals surface area contributed by atoms with Crippen LogP contribution in [0.2, 0.25) is 0 Å². The molecule has 4 nitrogen and oxygen atoms in total. The summed E-state index contributed by atoms with van der Waals surface area (Å²) in [6.45, 7) is 4.23. The normalized spacial score (nSPS) is 11.9. The van der Waals surface area contributed by atoms with Gasteiger partial charge in [-0.05, 0) is 19.9 Å². The van der Waals surface area contributed by atoms with E-state index in [2.05, 4.69) is 5.32 Å². The molecule has 0 aromatic heterocycles. The summed E-state index contributed by atoms with van der Waals surface area (Å²) in [6.07, 6.45) is 0. The van der Waals surface area contributed by atoms with E-state index in [9.17, 15) is 13.5 Å². The van der Waals surface area contributed by atoms with Crippen molar-refractivity contribution in [3.63, 3.8) is 0 Å². The van der Waals surface area contributed by atoms with Gasteiger partial charge in [0.2, 0.25) is 0 Å². The molecule has 5 heteroatoms. The first-order valence-electron chi connectivity index (χ1n) is 5.62. The van der Waals surface area contributed by atoms with E-state index >= 15 is 0 Å². The summed E-state index contributed by atoms with van der Waals surface area (Å²) < 4.78 is 23.0. The number of benzene rings is 1. The Hall–Kier alpha value is -1.07. The maximum absolute atomic E-state index is 11.5. The highest BCUT2D eigenvalue weighted by molar-refractivity contribution is 7.92. The zero-order chi connectivity index (χ0) is 12.9. The standard InChI is InChI=1S/C12H19NO3S/c1-10(2)17(15,16)8-7-13-9-11-5-3-4-6-12(11)14/h3-6,10,13-14H,7-9H2,1-2H3. The topological polar surface area (TPSA) is 66.4 Å². The van der Waals surface area contributed by atoms with Crippen LogP contribution in [0.4, 0.5) is 0 Å². The molecular formula is C12H19NO3S. The highest BCUT2D eigenvalue weighted by Crippen LogP contribution is 2.14. The van der Waals surface area contributed by atoms with Gasteiger partial charge in [0.25, 0.3) is 0 Å². The highest BCUT2D eigenvalue weighted by atomic mass is 32.2. The highest BCUT2D eigenvalue weighted by Gasteiger charge is 2.14. The Morgan fingerprint density at radius 3 is 2.53 bits per heavy atom. The third kappa shape index (κ3) is 4.36. The van der Waals surface area contributed by atoms with Gasteiger partial charge in [-0.25, -0.2) is 8.42 Å². The van der Waals surface area contributed by atoms with Crippen LogP contribution in [-0.4, -0.2) is 31.1 Å². The van der Waals surface area contributed by atoms with Gasteiger partial charge in [-0.2, -0.15) is 0 Å². The van der Waals surface area contributed by atoms with Crippen molar-refractivity contribution in [3.05, 3.63) is 29.8 Å². The fraction of sp³-hybridized carbons (Fsp3) is 0.500. The zero-order valence-electron chi connectivity index (χ0n) is 10.2. The largest absolute Gasteiger partial charge is 0.508 e. The van der Waals surface area contributed by atoms with Gasteiger partial charge < -0.3 is 10.4 Å². The van der Waals surface area contributed by atoms with Crippen LogP contribution in [-0.2, 0) is 16.4 Å². The molecule has 1 rings (SSSR count). The molecule has 0 atom stereocenters. The number of hydrogen-bond acceptors (Lipinski definition) is 4. The number of aromatic hydroxyl groups is 1. The second-order valence-corrected chi connectivity index (χ2v) is 6.90. The number of phenolic OH excluding ortho intramolecular Hbond substituents is 1. The summed E-state index contributed by atoms with van der Waals surface area (Å²) >= 11 is 0. The number of nitrogens with one attached hydrogen (secondary N) is 1. The lowest BCUT2D eigenvalue weighted by Crippen LogP contribution is -2.27. The zero-order valence-corrected chi connectivity index (χ0v) is 11.0. The maximum atomic E-state index is 11.5. The molecule has 0 bridgehead atoms. The molecule has 0 aliphatic carbocycles. The number of sulfone groups is 1. The second kappa shape index (κ2) is 6.02. The molecule has 96 valence electrons. The van der Waals surface area contributed by atoms with Crippen LogP contribution in [0.15, 0.2) is 24.3 Å². The summed E-state index contributed by atoms with van der Waals surface area (Å²) in [4.78, 5) is 0. The van der Waals surface area contributed by atoms with Crippen molar-refractivity contribution < 1.29 is 13.5 Å². The Bertz CT molecular complexity index is 455. The third-order valence-electron chi connectivity index (χ3n) is 2.59. The van der Waals surface area contributed by atoms with E-state index in [0.717, 1.165) is 5.56 Å². The summed E-state index contributed by atoms with van der Waals surface area (Å²) in [5, 5.41) is 12.2. The van der Waals surface area contributed by atoms with Crippen LogP contribution in [0.5, 0.6) is 5.75 Å². The van der Waals surface area contributed by atoms with E-state index in [1.54, 1.807) is 32.0 Å². The molecular weight excluding hydrogens is 238 g/mol. The van der Waals surface area contributed by atoms with Gasteiger partial charge in [0, 0.05) is 18.7 Å². The van der Waals surface area contributed by atoms with E-state index in [0.29, 0.717) is 13.1 Å². The van der Waals surface area contributed by atoms with E-state index in [4.69, 9.17) is 0 Å². The molecule has 0 amide bonds. The van der Waals surface area contributed by atoms with Crippen LogP contribution in [0.1, 0.15) is 19.4 Å². The quantitative estimate of drug-likeness (QED) is 0.754.